The molecule has 2 N–H and O–H groups in total. The van der Waals surface area contributed by atoms with Gasteiger partial charge < -0.3 is 24.8 Å². The Balaban J connectivity index is 0.000000579. The van der Waals surface area contributed by atoms with Crippen LogP contribution in [0.3, 0.4) is 0 Å². The number of alkyl halides is 3. The van der Waals surface area contributed by atoms with E-state index in [0.29, 0.717) is 32.0 Å². The summed E-state index contributed by atoms with van der Waals surface area (Å²) in [5.41, 5.74) is 5.02. The van der Waals surface area contributed by atoms with Crippen molar-refractivity contribution in [3.8, 4) is 5.75 Å². The van der Waals surface area contributed by atoms with Gasteiger partial charge in [0.05, 0.1) is 10.6 Å². The maximum Gasteiger partial charge on any atom is 0.417 e. The second kappa shape index (κ2) is 12.9. The van der Waals surface area contributed by atoms with Gasteiger partial charge in [0, 0.05) is 44.4 Å². The Morgan fingerprint density at radius 2 is 1.82 bits per heavy atom. The van der Waals surface area contributed by atoms with E-state index in [1.165, 1.54) is 31.5 Å². The molecular weight excluding hydrogens is 547 g/mol. The molecule has 0 spiro atoms. The number of rotatable bonds is 5. The molecular formula is C24H26ClF3N5O4S-. The molecule has 2 atom stereocenters. The number of piperazine rings is 1. The van der Waals surface area contributed by atoms with Crippen molar-refractivity contribution >= 4 is 40.1 Å². The molecule has 0 aliphatic carbocycles. The molecule has 206 valence electrons. The van der Waals surface area contributed by atoms with Crippen LogP contribution in [0, 0.1) is 0 Å². The third-order valence-corrected chi connectivity index (χ3v) is 6.48. The predicted molar refractivity (Wildman–Crippen MR) is 138 cm³/mol. The molecule has 9 nitrogen and oxygen atoms in total. The highest BCUT2D eigenvalue weighted by Crippen LogP contribution is 2.37. The largest absolute Gasteiger partial charge is 0.768 e. The van der Waals surface area contributed by atoms with Crippen molar-refractivity contribution in [1.29, 1.82) is 0 Å². The topological polar surface area (TPSA) is 125 Å². The van der Waals surface area contributed by atoms with Gasteiger partial charge in [0.15, 0.2) is 6.10 Å². The highest BCUT2D eigenvalue weighted by Gasteiger charge is 2.34. The number of carbonyl (C=O) groups excluding carboxylic acids is 1. The molecule has 0 bridgehead atoms. The highest BCUT2D eigenvalue weighted by molar-refractivity contribution is 7.79. The average Bonchev–Trinajstić information content (AvgIpc) is 2.89. The molecule has 1 aliphatic rings. The van der Waals surface area contributed by atoms with Gasteiger partial charge in [-0.25, -0.2) is 9.97 Å². The van der Waals surface area contributed by atoms with Crippen LogP contribution in [0.4, 0.5) is 24.7 Å². The molecule has 38 heavy (non-hydrogen) atoms. The van der Waals surface area contributed by atoms with E-state index < -0.39 is 33.9 Å². The van der Waals surface area contributed by atoms with Crippen molar-refractivity contribution in [1.82, 2.24) is 14.9 Å². The number of amides is 1. The summed E-state index contributed by atoms with van der Waals surface area (Å²) in [7, 11) is 0. The third kappa shape index (κ3) is 8.04. The summed E-state index contributed by atoms with van der Waals surface area (Å²) in [6.07, 6.45) is -2.58. The lowest BCUT2D eigenvalue weighted by Gasteiger charge is -2.37. The van der Waals surface area contributed by atoms with Crippen LogP contribution in [0.5, 0.6) is 5.75 Å². The number of carbonyl (C=O) groups is 1. The van der Waals surface area contributed by atoms with E-state index in [2.05, 4.69) is 9.97 Å². The molecule has 2 heterocycles. The first-order valence-corrected chi connectivity index (χ1v) is 12.7. The predicted octanol–water partition coefficient (Wildman–Crippen LogP) is 4.02. The van der Waals surface area contributed by atoms with Crippen LogP contribution in [-0.2, 0) is 22.1 Å². The van der Waals surface area contributed by atoms with Crippen molar-refractivity contribution in [2.24, 2.45) is 0 Å². The number of aromatic nitrogens is 2. The Morgan fingerprint density at radius 1 is 1.16 bits per heavy atom. The van der Waals surface area contributed by atoms with Gasteiger partial charge in [-0.05, 0) is 66.5 Å². The van der Waals surface area contributed by atoms with Crippen molar-refractivity contribution in [2.75, 3.05) is 36.8 Å². The highest BCUT2D eigenvalue weighted by atomic mass is 35.5. The summed E-state index contributed by atoms with van der Waals surface area (Å²) in [5, 5.41) is -0.440. The van der Waals surface area contributed by atoms with Gasteiger partial charge in [0.1, 0.15) is 17.9 Å². The first-order chi connectivity index (χ1) is 18.0. The normalized spacial score (nSPS) is 15.2. The van der Waals surface area contributed by atoms with E-state index in [4.69, 9.17) is 22.1 Å². The number of nitrogens with zero attached hydrogens (tertiary/aromatic N) is 4. The van der Waals surface area contributed by atoms with Crippen LogP contribution in [0.2, 0.25) is 5.02 Å². The first kappa shape index (κ1) is 29.1. The fraction of sp³-hybridized carbons (Fsp3) is 0.292. The zero-order valence-corrected chi connectivity index (χ0v) is 21.7. The Hall–Kier alpha value is -3.42. The lowest BCUT2D eigenvalue weighted by Crippen LogP contribution is -2.52. The summed E-state index contributed by atoms with van der Waals surface area (Å²) >= 11 is 3.31. The molecule has 1 fully saturated rings. The second-order valence-corrected chi connectivity index (χ2v) is 9.42. The Morgan fingerprint density at radius 3 is 2.32 bits per heavy atom. The van der Waals surface area contributed by atoms with Gasteiger partial charge in [-0.2, -0.15) is 13.2 Å². The maximum atomic E-state index is 13.0. The number of anilines is 2. The summed E-state index contributed by atoms with van der Waals surface area (Å²) in [6, 6.07) is 11.2. The molecule has 1 amide bonds. The van der Waals surface area contributed by atoms with Crippen LogP contribution < -0.4 is 15.4 Å². The lowest BCUT2D eigenvalue weighted by molar-refractivity contribution is -0.138. The molecule has 2 aromatic carbocycles. The Labute approximate surface area is 226 Å². The minimum Gasteiger partial charge on any atom is -0.768 e. The molecule has 1 saturated heterocycles. The number of ether oxygens (including phenoxy) is 1. The van der Waals surface area contributed by atoms with Crippen molar-refractivity contribution in [3.05, 3.63) is 71.6 Å². The van der Waals surface area contributed by atoms with Gasteiger partial charge in [0.25, 0.3) is 5.91 Å². The van der Waals surface area contributed by atoms with E-state index in [1.807, 2.05) is 4.90 Å². The molecule has 3 aromatic rings. The smallest absolute Gasteiger partial charge is 0.417 e. The van der Waals surface area contributed by atoms with Gasteiger partial charge in [-0.1, -0.05) is 11.6 Å². The number of benzene rings is 2. The quantitative estimate of drug-likeness (QED) is 0.455. The molecule has 14 heteroatoms. The summed E-state index contributed by atoms with van der Waals surface area (Å²) in [5.74, 6) is 0.0855. The van der Waals surface area contributed by atoms with Crippen LogP contribution >= 0.6 is 11.6 Å². The average molecular weight is 573 g/mol. The molecule has 1 aromatic heterocycles. The lowest BCUT2D eigenvalue weighted by atomic mass is 10.2. The maximum absolute atomic E-state index is 13.0. The monoisotopic (exact) mass is 572 g/mol. The van der Waals surface area contributed by atoms with Gasteiger partial charge in [-0.3, -0.25) is 9.00 Å². The van der Waals surface area contributed by atoms with Crippen LogP contribution in [-0.4, -0.2) is 61.8 Å². The zero-order valence-electron chi connectivity index (χ0n) is 20.1. The second-order valence-electron chi connectivity index (χ2n) is 8.07. The SMILES string of the molecule is CC(Oc1ccc(Cl)c(C(F)(F)F)c1)C(=O)N1CCN(c2ccc(S(=O)[O-])cc2)CC1.Nc1ccncn1.[HH]. The Kier molecular flexibility index (Phi) is 9.89. The van der Waals surface area contributed by atoms with Crippen LogP contribution in [0.25, 0.3) is 0 Å². The van der Waals surface area contributed by atoms with Crippen LogP contribution in [0.1, 0.15) is 13.9 Å². The zero-order chi connectivity index (χ0) is 27.9. The molecule has 0 saturated carbocycles. The number of nitrogen functional groups attached to an aromatic ring is 1. The van der Waals surface area contributed by atoms with E-state index in [-0.39, 0.29) is 18.0 Å². The van der Waals surface area contributed by atoms with Crippen molar-refractivity contribution < 1.29 is 32.9 Å². The molecule has 2 unspecified atom stereocenters. The van der Waals surface area contributed by atoms with E-state index in [9.17, 15) is 26.7 Å². The molecule has 0 radical (unpaired) electrons. The third-order valence-electron chi connectivity index (χ3n) is 5.49. The minimum absolute atomic E-state index is 0. The first-order valence-electron chi connectivity index (χ1n) is 11.2. The number of halogens is 4. The standard InChI is InChI=1S/C20H20ClF3N2O4S.C4H5N3.H2/c1-13(30-15-4-7-18(21)17(12-15)20(22,23)24)19(27)26-10-8-25(9-11-26)14-2-5-16(6-3-14)31(28)29;5-4-1-2-6-3-7-4;/h2-7,12-13H,8-11H2,1H3,(H,28,29);1-3H,(H2,5,6,7);1H/p-1. The minimum atomic E-state index is -4.62. The van der Waals surface area contributed by atoms with Gasteiger partial charge in [0.2, 0.25) is 0 Å². The van der Waals surface area contributed by atoms with Crippen LogP contribution in [0.15, 0.2) is 66.0 Å². The fourth-order valence-corrected chi connectivity index (χ4v) is 4.14. The van der Waals surface area contributed by atoms with E-state index in [0.717, 1.165) is 17.8 Å². The summed E-state index contributed by atoms with van der Waals surface area (Å²) < 4.78 is 66.4. The van der Waals surface area contributed by atoms with Crippen molar-refractivity contribution in [2.45, 2.75) is 24.1 Å². The summed E-state index contributed by atoms with van der Waals surface area (Å²) in [4.78, 5) is 23.8. The van der Waals surface area contributed by atoms with E-state index in [1.54, 1.807) is 29.3 Å². The Bertz CT molecular complexity index is 1250. The number of nitrogens with two attached hydrogens (primary N) is 1. The van der Waals surface area contributed by atoms with Gasteiger partial charge in [-0.15, -0.1) is 0 Å². The molecule has 1 aliphatic heterocycles. The number of hydrogen-bond acceptors (Lipinski definition) is 8. The number of hydrogen-bond donors (Lipinski definition) is 1. The fourth-order valence-electron chi connectivity index (χ4n) is 3.56. The summed E-state index contributed by atoms with van der Waals surface area (Å²) in [6.45, 7) is 3.33. The van der Waals surface area contributed by atoms with Gasteiger partial charge >= 0.3 is 6.18 Å². The molecule has 4 rings (SSSR count). The van der Waals surface area contributed by atoms with E-state index >= 15 is 0 Å². The van der Waals surface area contributed by atoms with Crippen molar-refractivity contribution in [3.63, 3.8) is 0 Å².